The number of anilines is 1. The first-order valence-electron chi connectivity index (χ1n) is 9.12. The average Bonchev–Trinajstić information content (AvgIpc) is 2.73. The molecule has 0 aliphatic carbocycles. The van der Waals surface area contributed by atoms with Crippen molar-refractivity contribution in [3.63, 3.8) is 0 Å². The van der Waals surface area contributed by atoms with Crippen LogP contribution < -0.4 is 19.5 Å². The largest absolute Gasteiger partial charge is 0.493 e. The zero-order valence-corrected chi connectivity index (χ0v) is 17.5. The van der Waals surface area contributed by atoms with Gasteiger partial charge in [0, 0.05) is 37.1 Å². The minimum atomic E-state index is -3.83. The Morgan fingerprint density at radius 1 is 1.00 bits per heavy atom. The molecule has 1 amide bonds. The van der Waals surface area contributed by atoms with E-state index in [0.29, 0.717) is 42.5 Å². The molecule has 0 aromatic heterocycles. The first-order valence-corrected chi connectivity index (χ1v) is 10.6. The van der Waals surface area contributed by atoms with Crippen molar-refractivity contribution in [1.29, 1.82) is 0 Å². The number of carbonyl (C=O) groups excluding carboxylic acids is 1. The second-order valence-electron chi connectivity index (χ2n) is 6.01. The van der Waals surface area contributed by atoms with Crippen molar-refractivity contribution in [2.75, 3.05) is 38.7 Å². The molecule has 29 heavy (non-hydrogen) atoms. The first-order chi connectivity index (χ1) is 13.9. The van der Waals surface area contributed by atoms with Crippen molar-refractivity contribution < 1.29 is 27.4 Å². The summed E-state index contributed by atoms with van der Waals surface area (Å²) in [6.45, 7) is 3.66. The van der Waals surface area contributed by atoms with Crippen molar-refractivity contribution in [2.24, 2.45) is 0 Å². The number of nitrogens with one attached hydrogen (secondary N) is 2. The van der Waals surface area contributed by atoms with Crippen LogP contribution in [0.15, 0.2) is 47.4 Å². The number of methoxy groups -OCH3 is 2. The maximum atomic E-state index is 12.6. The molecule has 0 spiro atoms. The lowest BCUT2D eigenvalue weighted by Gasteiger charge is -2.12. The van der Waals surface area contributed by atoms with E-state index in [0.717, 1.165) is 6.42 Å². The lowest BCUT2D eigenvalue weighted by molar-refractivity contribution is 0.0944. The molecule has 0 fully saturated rings. The second-order valence-corrected chi connectivity index (χ2v) is 7.69. The van der Waals surface area contributed by atoms with Crippen molar-refractivity contribution in [2.45, 2.75) is 18.2 Å². The number of carbonyl (C=O) groups is 1. The monoisotopic (exact) mass is 422 g/mol. The Morgan fingerprint density at radius 3 is 2.31 bits per heavy atom. The number of rotatable bonds is 11. The Hall–Kier alpha value is -2.78. The molecule has 0 aliphatic heterocycles. The van der Waals surface area contributed by atoms with E-state index in [9.17, 15) is 13.2 Å². The Labute approximate surface area is 171 Å². The minimum Gasteiger partial charge on any atom is -0.493 e. The first kappa shape index (κ1) is 22.5. The maximum Gasteiger partial charge on any atom is 0.262 e. The van der Waals surface area contributed by atoms with Gasteiger partial charge in [0.05, 0.1) is 19.1 Å². The van der Waals surface area contributed by atoms with Gasteiger partial charge in [-0.15, -0.1) is 0 Å². The normalized spacial score (nSPS) is 11.0. The third-order valence-corrected chi connectivity index (χ3v) is 5.40. The molecule has 2 N–H and O–H groups in total. The van der Waals surface area contributed by atoms with Gasteiger partial charge in [-0.3, -0.25) is 9.52 Å². The number of hydrogen-bond donors (Lipinski definition) is 2. The highest BCUT2D eigenvalue weighted by Crippen LogP contribution is 2.30. The Kier molecular flexibility index (Phi) is 8.29. The zero-order valence-electron chi connectivity index (χ0n) is 16.7. The van der Waals surface area contributed by atoms with Crippen molar-refractivity contribution in [3.8, 4) is 11.5 Å². The minimum absolute atomic E-state index is 0.0336. The van der Waals surface area contributed by atoms with Gasteiger partial charge in [0.1, 0.15) is 0 Å². The van der Waals surface area contributed by atoms with Crippen LogP contribution in [0, 0.1) is 0 Å². The van der Waals surface area contributed by atoms with Gasteiger partial charge in [-0.2, -0.15) is 0 Å². The van der Waals surface area contributed by atoms with E-state index in [1.807, 2.05) is 6.92 Å². The fourth-order valence-corrected chi connectivity index (χ4v) is 3.58. The van der Waals surface area contributed by atoms with Gasteiger partial charge < -0.3 is 19.5 Å². The molecule has 0 heterocycles. The van der Waals surface area contributed by atoms with E-state index in [4.69, 9.17) is 14.2 Å². The predicted octanol–water partition coefficient (Wildman–Crippen LogP) is 2.66. The summed E-state index contributed by atoms with van der Waals surface area (Å²) in [5.41, 5.74) is 0.781. The van der Waals surface area contributed by atoms with Gasteiger partial charge >= 0.3 is 0 Å². The van der Waals surface area contributed by atoms with E-state index < -0.39 is 10.0 Å². The summed E-state index contributed by atoms with van der Waals surface area (Å²) < 4.78 is 43.2. The third kappa shape index (κ3) is 6.37. The van der Waals surface area contributed by atoms with E-state index >= 15 is 0 Å². The Morgan fingerprint density at radius 2 is 1.69 bits per heavy atom. The highest BCUT2D eigenvalue weighted by atomic mass is 32.2. The number of amides is 1. The van der Waals surface area contributed by atoms with Gasteiger partial charge in [0.2, 0.25) is 0 Å². The van der Waals surface area contributed by atoms with E-state index in [1.54, 1.807) is 12.1 Å². The predicted molar refractivity (Wildman–Crippen MR) is 110 cm³/mol. The number of sulfonamides is 1. The summed E-state index contributed by atoms with van der Waals surface area (Å²) in [5, 5.41) is 2.79. The van der Waals surface area contributed by atoms with Crippen LogP contribution in [0.1, 0.15) is 23.7 Å². The number of benzene rings is 2. The average molecular weight is 423 g/mol. The maximum absolute atomic E-state index is 12.6. The molecule has 0 radical (unpaired) electrons. The molecule has 158 valence electrons. The molecule has 8 nitrogen and oxygen atoms in total. The molecular formula is C20H26N2O6S. The van der Waals surface area contributed by atoms with Crippen molar-refractivity contribution in [3.05, 3.63) is 48.0 Å². The van der Waals surface area contributed by atoms with Crippen LogP contribution in [0.3, 0.4) is 0 Å². The van der Waals surface area contributed by atoms with Crippen LogP contribution in [0.5, 0.6) is 11.5 Å². The highest BCUT2D eigenvalue weighted by Gasteiger charge is 2.17. The lowest BCUT2D eigenvalue weighted by Crippen LogP contribution is -2.25. The van der Waals surface area contributed by atoms with Crippen LogP contribution >= 0.6 is 0 Å². The summed E-state index contributed by atoms with van der Waals surface area (Å²) in [4.78, 5) is 12.1. The van der Waals surface area contributed by atoms with Crippen LogP contribution in [0.2, 0.25) is 0 Å². The van der Waals surface area contributed by atoms with Gasteiger partial charge in [-0.25, -0.2) is 8.42 Å². The smallest absolute Gasteiger partial charge is 0.262 e. The topological polar surface area (TPSA) is 103 Å². The number of hydrogen-bond acceptors (Lipinski definition) is 6. The molecule has 2 rings (SSSR count). The Balaban J connectivity index is 2.02. The van der Waals surface area contributed by atoms with Gasteiger partial charge in [0.25, 0.3) is 15.9 Å². The summed E-state index contributed by atoms with van der Waals surface area (Å²) in [6, 6.07) is 10.5. The van der Waals surface area contributed by atoms with Gasteiger partial charge in [-0.05, 0) is 49.7 Å². The molecule has 0 saturated heterocycles. The molecule has 2 aromatic rings. The molecule has 0 bridgehead atoms. The molecule has 2 aromatic carbocycles. The van der Waals surface area contributed by atoms with Crippen LogP contribution in [0.4, 0.5) is 5.69 Å². The SMILES string of the molecule is CCOCCCNC(=O)c1ccc(NS(=O)(=O)c2ccc(OC)c(OC)c2)cc1. The molecule has 0 atom stereocenters. The molecule has 0 saturated carbocycles. The molecule has 9 heteroatoms. The van der Waals surface area contributed by atoms with Crippen molar-refractivity contribution in [1.82, 2.24) is 5.32 Å². The second kappa shape index (κ2) is 10.7. The van der Waals surface area contributed by atoms with Crippen molar-refractivity contribution >= 4 is 21.6 Å². The number of ether oxygens (including phenoxy) is 3. The third-order valence-electron chi connectivity index (χ3n) is 4.02. The summed E-state index contributed by atoms with van der Waals surface area (Å²) in [7, 11) is -0.921. The quantitative estimate of drug-likeness (QED) is 0.540. The summed E-state index contributed by atoms with van der Waals surface area (Å²) in [5.74, 6) is 0.519. The van der Waals surface area contributed by atoms with Crippen LogP contribution in [-0.2, 0) is 14.8 Å². The molecular weight excluding hydrogens is 396 g/mol. The van der Waals surface area contributed by atoms with Gasteiger partial charge in [-0.1, -0.05) is 0 Å². The fraction of sp³-hybridized carbons (Fsp3) is 0.350. The van der Waals surface area contributed by atoms with Crippen LogP contribution in [-0.4, -0.2) is 48.3 Å². The van der Waals surface area contributed by atoms with E-state index in [1.165, 1.54) is 44.6 Å². The fourth-order valence-electron chi connectivity index (χ4n) is 2.51. The highest BCUT2D eigenvalue weighted by molar-refractivity contribution is 7.92. The lowest BCUT2D eigenvalue weighted by atomic mass is 10.2. The Bertz CT molecular complexity index is 913. The summed E-state index contributed by atoms with van der Waals surface area (Å²) in [6.07, 6.45) is 0.725. The standard InChI is InChI=1S/C20H26N2O6S/c1-4-28-13-5-12-21-20(23)15-6-8-16(9-7-15)22-29(24,25)17-10-11-18(26-2)19(14-17)27-3/h6-11,14,22H,4-5,12-13H2,1-3H3,(H,21,23). The molecule has 0 unspecified atom stereocenters. The van der Waals surface area contributed by atoms with E-state index in [2.05, 4.69) is 10.0 Å². The van der Waals surface area contributed by atoms with Gasteiger partial charge in [0.15, 0.2) is 11.5 Å². The van der Waals surface area contributed by atoms with E-state index in [-0.39, 0.29) is 10.8 Å². The summed E-state index contributed by atoms with van der Waals surface area (Å²) >= 11 is 0. The molecule has 0 aliphatic rings. The zero-order chi connectivity index (χ0) is 21.3. The van der Waals surface area contributed by atoms with Crippen LogP contribution in [0.25, 0.3) is 0 Å².